The first-order valence-corrected chi connectivity index (χ1v) is 7.57. The summed E-state index contributed by atoms with van der Waals surface area (Å²) in [6, 6.07) is 6.27. The molecule has 0 spiro atoms. The molecule has 3 aromatic rings. The summed E-state index contributed by atoms with van der Waals surface area (Å²) in [5.41, 5.74) is 5.41. The minimum atomic E-state index is -0.118. The molecule has 2 heterocycles. The van der Waals surface area contributed by atoms with Crippen LogP contribution < -0.4 is 10.3 Å². The number of pyridine rings is 1. The molecule has 0 radical (unpaired) electrons. The van der Waals surface area contributed by atoms with E-state index in [2.05, 4.69) is 12.1 Å². The van der Waals surface area contributed by atoms with Crippen LogP contribution in [0.5, 0.6) is 5.75 Å². The van der Waals surface area contributed by atoms with Crippen LogP contribution in [-0.4, -0.2) is 16.1 Å². The molecular formula is C18H19N3O2. The van der Waals surface area contributed by atoms with Gasteiger partial charge in [-0.2, -0.15) is 5.26 Å². The van der Waals surface area contributed by atoms with Gasteiger partial charge in [-0.25, -0.2) is 0 Å². The van der Waals surface area contributed by atoms with E-state index in [1.165, 1.54) is 7.11 Å². The van der Waals surface area contributed by atoms with Gasteiger partial charge in [0.25, 0.3) is 5.56 Å². The summed E-state index contributed by atoms with van der Waals surface area (Å²) in [4.78, 5) is 13.0. The van der Waals surface area contributed by atoms with Gasteiger partial charge in [-0.15, -0.1) is 0 Å². The number of nitrogens with zero attached hydrogens (tertiary/aromatic N) is 3. The number of benzene rings is 1. The second-order valence-corrected chi connectivity index (χ2v) is 5.80. The largest absolute Gasteiger partial charge is 0.495 e. The van der Waals surface area contributed by atoms with Crippen molar-refractivity contribution in [1.29, 1.82) is 5.26 Å². The van der Waals surface area contributed by atoms with Crippen molar-refractivity contribution in [2.24, 2.45) is 7.05 Å². The lowest BCUT2D eigenvalue weighted by Crippen LogP contribution is -2.20. The zero-order valence-electron chi connectivity index (χ0n) is 14.0. The smallest absolute Gasteiger partial charge is 0.263 e. The first kappa shape index (κ1) is 15.2. The summed E-state index contributed by atoms with van der Waals surface area (Å²) in [5.74, 6) is 0.388. The van der Waals surface area contributed by atoms with Gasteiger partial charge >= 0.3 is 0 Å². The minimum absolute atomic E-state index is 0.118. The molecule has 3 rings (SSSR count). The van der Waals surface area contributed by atoms with Gasteiger partial charge in [0.2, 0.25) is 0 Å². The van der Waals surface area contributed by atoms with Crippen molar-refractivity contribution in [3.8, 4) is 11.8 Å². The number of ether oxygens (including phenoxy) is 1. The van der Waals surface area contributed by atoms with Crippen molar-refractivity contribution in [1.82, 2.24) is 8.97 Å². The monoisotopic (exact) mass is 309 g/mol. The summed E-state index contributed by atoms with van der Waals surface area (Å²) in [6.45, 7) is 5.96. The number of rotatable bonds is 2. The van der Waals surface area contributed by atoms with Crippen LogP contribution in [0.4, 0.5) is 0 Å². The van der Waals surface area contributed by atoms with Gasteiger partial charge in [0, 0.05) is 7.05 Å². The predicted octanol–water partition coefficient (Wildman–Crippen LogP) is 2.85. The SMILES string of the molecule is CCc1c(OC)c(C#N)c2n(C)c3cc(C)c(C)cc3n2c1=O. The van der Waals surface area contributed by atoms with Crippen molar-refractivity contribution >= 4 is 16.7 Å². The number of methoxy groups -OCH3 is 1. The topological polar surface area (TPSA) is 59.4 Å². The maximum Gasteiger partial charge on any atom is 0.263 e. The van der Waals surface area contributed by atoms with E-state index in [4.69, 9.17) is 4.74 Å². The minimum Gasteiger partial charge on any atom is -0.495 e. The molecule has 5 heteroatoms. The normalized spacial score (nSPS) is 11.1. The van der Waals surface area contributed by atoms with E-state index in [1.807, 2.05) is 38.5 Å². The van der Waals surface area contributed by atoms with Crippen LogP contribution in [-0.2, 0) is 13.5 Å². The lowest BCUT2D eigenvalue weighted by Gasteiger charge is -2.10. The number of hydrogen-bond acceptors (Lipinski definition) is 3. The highest BCUT2D eigenvalue weighted by atomic mass is 16.5. The molecular weight excluding hydrogens is 290 g/mol. The molecule has 0 fully saturated rings. The third-order valence-corrected chi connectivity index (χ3v) is 4.58. The van der Waals surface area contributed by atoms with Crippen molar-refractivity contribution in [3.63, 3.8) is 0 Å². The Balaban J connectivity index is 2.72. The molecule has 0 atom stereocenters. The van der Waals surface area contributed by atoms with E-state index in [1.54, 1.807) is 4.40 Å². The number of aromatic nitrogens is 2. The second kappa shape index (κ2) is 5.17. The van der Waals surface area contributed by atoms with E-state index >= 15 is 0 Å². The van der Waals surface area contributed by atoms with E-state index < -0.39 is 0 Å². The number of aryl methyl sites for hydroxylation is 3. The average molecular weight is 309 g/mol. The molecule has 0 N–H and O–H groups in total. The third kappa shape index (κ3) is 1.88. The Kier molecular flexibility index (Phi) is 3.41. The Morgan fingerprint density at radius 1 is 1.22 bits per heavy atom. The number of fused-ring (bicyclic) bond motifs is 3. The molecule has 0 aliphatic heterocycles. The Hall–Kier alpha value is -2.74. The molecule has 0 saturated heterocycles. The van der Waals surface area contributed by atoms with Crippen LogP contribution in [0.2, 0.25) is 0 Å². The number of imidazole rings is 1. The lowest BCUT2D eigenvalue weighted by molar-refractivity contribution is 0.407. The van der Waals surface area contributed by atoms with Gasteiger partial charge < -0.3 is 9.30 Å². The van der Waals surface area contributed by atoms with Crippen molar-refractivity contribution in [2.45, 2.75) is 27.2 Å². The second-order valence-electron chi connectivity index (χ2n) is 5.80. The third-order valence-electron chi connectivity index (χ3n) is 4.58. The van der Waals surface area contributed by atoms with Gasteiger partial charge in [-0.3, -0.25) is 9.20 Å². The Labute approximate surface area is 134 Å². The van der Waals surface area contributed by atoms with Crippen molar-refractivity contribution in [2.75, 3.05) is 7.11 Å². The summed E-state index contributed by atoms with van der Waals surface area (Å²) >= 11 is 0. The summed E-state index contributed by atoms with van der Waals surface area (Å²) in [5, 5.41) is 9.66. The van der Waals surface area contributed by atoms with Gasteiger partial charge in [-0.05, 0) is 43.5 Å². The molecule has 2 aromatic heterocycles. The summed E-state index contributed by atoms with van der Waals surface area (Å²) in [6.07, 6.45) is 0.515. The highest BCUT2D eigenvalue weighted by molar-refractivity contribution is 5.86. The van der Waals surface area contributed by atoms with Crippen molar-refractivity contribution < 1.29 is 4.74 Å². The van der Waals surface area contributed by atoms with E-state index in [0.29, 0.717) is 28.9 Å². The molecule has 5 nitrogen and oxygen atoms in total. The number of hydrogen-bond donors (Lipinski definition) is 0. The van der Waals surface area contributed by atoms with Crippen molar-refractivity contribution in [3.05, 3.63) is 44.7 Å². The standard InChI is InChI=1S/C18H19N3O2/c1-6-12-16(23-5)13(9-19)17-20(4)14-7-10(2)11(3)8-15(14)21(17)18(12)22/h7-8H,6H2,1-5H3. The zero-order valence-corrected chi connectivity index (χ0v) is 14.0. The van der Waals surface area contributed by atoms with Crippen LogP contribution >= 0.6 is 0 Å². The lowest BCUT2D eigenvalue weighted by atomic mass is 10.1. The van der Waals surface area contributed by atoms with E-state index in [0.717, 1.165) is 22.2 Å². The fourth-order valence-corrected chi connectivity index (χ4v) is 3.22. The quantitative estimate of drug-likeness (QED) is 0.731. The van der Waals surface area contributed by atoms with Crippen LogP contribution in [0, 0.1) is 25.2 Å². The van der Waals surface area contributed by atoms with Crippen LogP contribution in [0.3, 0.4) is 0 Å². The highest BCUT2D eigenvalue weighted by Gasteiger charge is 2.22. The molecule has 0 aliphatic carbocycles. The molecule has 118 valence electrons. The summed E-state index contributed by atoms with van der Waals surface area (Å²) < 4.78 is 8.93. The fraction of sp³-hybridized carbons (Fsp3) is 0.333. The maximum atomic E-state index is 13.0. The fourth-order valence-electron chi connectivity index (χ4n) is 3.22. The maximum absolute atomic E-state index is 13.0. The predicted molar refractivity (Wildman–Crippen MR) is 90.3 cm³/mol. The summed E-state index contributed by atoms with van der Waals surface area (Å²) in [7, 11) is 3.38. The van der Waals surface area contributed by atoms with Gasteiger partial charge in [0.1, 0.15) is 23.0 Å². The molecule has 0 amide bonds. The average Bonchev–Trinajstić information content (AvgIpc) is 2.81. The Bertz CT molecular complexity index is 1050. The van der Waals surface area contributed by atoms with E-state index in [9.17, 15) is 10.1 Å². The Morgan fingerprint density at radius 3 is 2.35 bits per heavy atom. The number of nitriles is 1. The van der Waals surface area contributed by atoms with Crippen LogP contribution in [0.15, 0.2) is 16.9 Å². The first-order valence-electron chi connectivity index (χ1n) is 7.57. The Morgan fingerprint density at radius 2 is 1.83 bits per heavy atom. The molecule has 0 aliphatic rings. The van der Waals surface area contributed by atoms with Gasteiger partial charge in [0.05, 0.1) is 23.7 Å². The highest BCUT2D eigenvalue weighted by Crippen LogP contribution is 2.30. The van der Waals surface area contributed by atoms with Crippen LogP contribution in [0.25, 0.3) is 16.7 Å². The first-order chi connectivity index (χ1) is 11.0. The van der Waals surface area contributed by atoms with Gasteiger partial charge in [-0.1, -0.05) is 6.92 Å². The van der Waals surface area contributed by atoms with Gasteiger partial charge in [0.15, 0.2) is 0 Å². The molecule has 0 saturated carbocycles. The van der Waals surface area contributed by atoms with E-state index in [-0.39, 0.29) is 5.56 Å². The molecule has 23 heavy (non-hydrogen) atoms. The molecule has 0 bridgehead atoms. The molecule has 0 unspecified atom stereocenters. The zero-order chi connectivity index (χ0) is 16.9. The molecule has 1 aromatic carbocycles. The van der Waals surface area contributed by atoms with Crippen LogP contribution in [0.1, 0.15) is 29.2 Å².